The zero-order chi connectivity index (χ0) is 26.9. The van der Waals surface area contributed by atoms with Crippen LogP contribution in [-0.2, 0) is 28.2 Å². The van der Waals surface area contributed by atoms with Crippen molar-refractivity contribution in [3.8, 4) is 35.5 Å². The van der Waals surface area contributed by atoms with Gasteiger partial charge in [0.15, 0.2) is 6.10 Å². The maximum atomic E-state index is 12.1. The van der Waals surface area contributed by atoms with Gasteiger partial charge in [-0.05, 0) is 37.0 Å². The third-order valence-electron chi connectivity index (χ3n) is 5.08. The van der Waals surface area contributed by atoms with Gasteiger partial charge in [0.25, 0.3) is 0 Å². The molecule has 39 heavy (non-hydrogen) atoms. The number of hydrogen-bond donors (Lipinski definition) is 0. The maximum absolute atomic E-state index is 12.1. The van der Waals surface area contributed by atoms with Gasteiger partial charge in [-0.15, -0.1) is 0 Å². The first kappa shape index (κ1) is 46.0. The van der Waals surface area contributed by atoms with Crippen LogP contribution in [0.25, 0.3) is 0 Å². The first-order valence-electron chi connectivity index (χ1n) is 12.7. The first-order chi connectivity index (χ1) is 17.3. The summed E-state index contributed by atoms with van der Waals surface area (Å²) >= 11 is 0. The molecule has 0 bridgehead atoms. The van der Waals surface area contributed by atoms with Crippen LogP contribution in [0.1, 0.15) is 111 Å². The fourth-order valence-electron chi connectivity index (χ4n) is 3.23. The fourth-order valence-corrected chi connectivity index (χ4v) is 3.58. The summed E-state index contributed by atoms with van der Waals surface area (Å²) in [4.78, 5) is 45.2. The Labute approximate surface area is 293 Å². The zero-order valence-electron chi connectivity index (χ0n) is 24.1. The van der Waals surface area contributed by atoms with E-state index < -0.39 is 39.1 Å². The van der Waals surface area contributed by atoms with Gasteiger partial charge < -0.3 is 28.3 Å². The maximum Gasteiger partial charge on any atom is 1.00 e. The van der Waals surface area contributed by atoms with Crippen LogP contribution in [0.3, 0.4) is 0 Å². The molecule has 0 rings (SSSR count). The van der Waals surface area contributed by atoms with E-state index in [1.165, 1.54) is 57.8 Å². The molecule has 0 aliphatic heterocycles. The van der Waals surface area contributed by atoms with Crippen molar-refractivity contribution in [2.75, 3.05) is 13.2 Å². The predicted molar refractivity (Wildman–Crippen MR) is 155 cm³/mol. The van der Waals surface area contributed by atoms with Gasteiger partial charge in [0.2, 0.25) is 0 Å². The SMILES string of the molecule is CC#CC#CC#CC(=O)OC[C@H](COP(=O)([O-])[O-])OC(=O)CCCCCCCCCCCCCCC.S.[HH].[HH].[HH].[HH].[HH].[Na+].[Na+]. The number of carbonyl (C=O) groups is 2. The van der Waals surface area contributed by atoms with Crippen LogP contribution in [0.15, 0.2) is 0 Å². The van der Waals surface area contributed by atoms with E-state index in [0.29, 0.717) is 6.42 Å². The van der Waals surface area contributed by atoms with Gasteiger partial charge in [-0.25, -0.2) is 4.79 Å². The van der Waals surface area contributed by atoms with Crippen LogP contribution in [-0.4, -0.2) is 31.3 Å². The number of unbranched alkanes of at least 4 members (excludes halogenated alkanes) is 12. The summed E-state index contributed by atoms with van der Waals surface area (Å²) in [6, 6.07) is 0. The van der Waals surface area contributed by atoms with E-state index in [0.717, 1.165) is 19.3 Å². The number of rotatable bonds is 20. The fraction of sp³-hybridized carbons (Fsp3) is 0.704. The van der Waals surface area contributed by atoms with Crippen molar-refractivity contribution in [1.82, 2.24) is 0 Å². The molecule has 0 spiro atoms. The van der Waals surface area contributed by atoms with Gasteiger partial charge in [-0.2, -0.15) is 13.5 Å². The van der Waals surface area contributed by atoms with Crippen molar-refractivity contribution in [3.05, 3.63) is 0 Å². The quantitative estimate of drug-likeness (QED) is 0.0435. The van der Waals surface area contributed by atoms with Gasteiger partial charge in [0.1, 0.15) is 6.61 Å². The summed E-state index contributed by atoms with van der Waals surface area (Å²) < 4.78 is 24.9. The number of hydrogen-bond acceptors (Lipinski definition) is 8. The molecule has 0 amide bonds. The first-order valence-corrected chi connectivity index (χ1v) is 14.2. The van der Waals surface area contributed by atoms with E-state index in [4.69, 9.17) is 9.47 Å². The van der Waals surface area contributed by atoms with E-state index in [2.05, 4.69) is 47.0 Å². The normalized spacial score (nSPS) is 10.3. The van der Waals surface area contributed by atoms with Crippen LogP contribution < -0.4 is 68.9 Å². The van der Waals surface area contributed by atoms with Crippen molar-refractivity contribution in [2.24, 2.45) is 0 Å². The van der Waals surface area contributed by atoms with E-state index in [9.17, 15) is 23.9 Å². The molecule has 0 N–H and O–H groups in total. The summed E-state index contributed by atoms with van der Waals surface area (Å²) in [5.74, 6) is 12.5. The smallest absolute Gasteiger partial charge is 0.790 e. The van der Waals surface area contributed by atoms with Crippen molar-refractivity contribution >= 4 is 33.3 Å². The van der Waals surface area contributed by atoms with Gasteiger partial charge in [-0.1, -0.05) is 89.9 Å². The number of carbonyl (C=O) groups excluding carboxylic acids is 2. The summed E-state index contributed by atoms with van der Waals surface area (Å²) in [7, 11) is -5.28. The second-order valence-electron chi connectivity index (χ2n) is 8.32. The molecule has 0 saturated carbocycles. The Morgan fingerprint density at radius 3 is 1.77 bits per heavy atom. The molecule has 0 aromatic rings. The predicted octanol–water partition coefficient (Wildman–Crippen LogP) is -0.851. The summed E-state index contributed by atoms with van der Waals surface area (Å²) in [6.45, 7) is 2.56. The Kier molecular flexibility index (Phi) is 38.5. The molecule has 0 saturated heterocycles. The number of phosphoric acid groups is 1. The number of ether oxygens (including phenoxy) is 2. The largest absolute Gasteiger partial charge is 1.00 e. The Hall–Kier alpha value is 0.0800. The van der Waals surface area contributed by atoms with Crippen LogP contribution in [0, 0.1) is 35.5 Å². The van der Waals surface area contributed by atoms with Crippen molar-refractivity contribution in [1.29, 1.82) is 0 Å². The molecular weight excluding hydrogens is 561 g/mol. The van der Waals surface area contributed by atoms with E-state index in [1.54, 1.807) is 6.92 Å². The standard InChI is InChI=1S/C27H41O8P.2Na.H2S.5H2/c1-3-5-7-9-10-11-12-13-14-15-16-18-20-22-27(29)35-25(24-34-36(30,31)32)23-33-26(28)21-19-17-8-6-4-2;;;;;;;;/h25H,3,5,7,9-16,18,20,22-24H2,1-2H3,(H2,30,31,32);;;1H2;5*1H/q;2*+1;;;;;;/p-2/t25-;;;;;;;;/m1......../s1. The minimum absolute atomic E-state index is 0. The molecule has 1 atom stereocenters. The van der Waals surface area contributed by atoms with Gasteiger partial charge in [0, 0.05) is 19.5 Å². The molecule has 0 fully saturated rings. The van der Waals surface area contributed by atoms with Gasteiger partial charge in [-0.3, -0.25) is 4.79 Å². The Balaban J connectivity index is -0.000000219. The van der Waals surface area contributed by atoms with Crippen LogP contribution in [0.2, 0.25) is 0 Å². The second-order valence-corrected chi connectivity index (χ2v) is 9.47. The van der Waals surface area contributed by atoms with Gasteiger partial charge in [0.05, 0.1) is 14.4 Å². The average molecular weight is 613 g/mol. The molecule has 8 nitrogen and oxygen atoms in total. The van der Waals surface area contributed by atoms with Gasteiger partial charge >= 0.3 is 71.1 Å². The van der Waals surface area contributed by atoms with Crippen LogP contribution in [0.5, 0.6) is 0 Å². The van der Waals surface area contributed by atoms with E-state index in [-0.39, 0.29) is 86.2 Å². The topological polar surface area (TPSA) is 125 Å². The van der Waals surface area contributed by atoms with Crippen molar-refractivity contribution in [3.63, 3.8) is 0 Å². The zero-order valence-corrected chi connectivity index (χ0v) is 30.0. The molecule has 0 aromatic heterocycles. The monoisotopic (exact) mass is 612 g/mol. The number of phosphoric ester groups is 1. The molecule has 220 valence electrons. The number of esters is 2. The molecule has 0 heterocycles. The third-order valence-corrected chi connectivity index (χ3v) is 5.54. The summed E-state index contributed by atoms with van der Waals surface area (Å²) in [6.07, 6.45) is 14.1. The Bertz CT molecular complexity index is 885. The summed E-state index contributed by atoms with van der Waals surface area (Å²) in [5, 5.41) is 0. The van der Waals surface area contributed by atoms with E-state index in [1.807, 2.05) is 0 Å². The Morgan fingerprint density at radius 1 is 0.795 bits per heavy atom. The molecule has 0 unspecified atom stereocenters. The molecule has 12 heteroatoms. The molecule has 0 aromatic carbocycles. The van der Waals surface area contributed by atoms with Crippen molar-refractivity contribution in [2.45, 2.75) is 110 Å². The van der Waals surface area contributed by atoms with Crippen LogP contribution >= 0.6 is 21.3 Å². The average Bonchev–Trinajstić information content (AvgIpc) is 2.83. The summed E-state index contributed by atoms with van der Waals surface area (Å²) in [5.41, 5.74) is 0. The molecule has 0 aliphatic rings. The molecular formula is C27H51Na2O8PS. The van der Waals surface area contributed by atoms with Crippen molar-refractivity contribution < 1.29 is 104 Å². The minimum atomic E-state index is -5.28. The Morgan fingerprint density at radius 2 is 1.28 bits per heavy atom. The second kappa shape index (κ2) is 32.6. The molecule has 0 aliphatic carbocycles. The molecule has 0 radical (unpaired) electrons. The minimum Gasteiger partial charge on any atom is -0.790 e. The van der Waals surface area contributed by atoms with Crippen LogP contribution in [0.4, 0.5) is 0 Å². The third kappa shape index (κ3) is 36.1. The van der Waals surface area contributed by atoms with E-state index >= 15 is 0 Å².